The maximum Gasteiger partial charge on any atom is 0.416 e. The topological polar surface area (TPSA) is 64.0 Å². The zero-order valence-corrected chi connectivity index (χ0v) is 15.8. The molecule has 0 saturated carbocycles. The molecule has 29 heavy (non-hydrogen) atoms. The van der Waals surface area contributed by atoms with Gasteiger partial charge in [0.15, 0.2) is 0 Å². The van der Waals surface area contributed by atoms with E-state index in [1.807, 2.05) is 0 Å². The van der Waals surface area contributed by atoms with Crippen molar-refractivity contribution in [2.75, 3.05) is 0 Å². The van der Waals surface area contributed by atoms with Gasteiger partial charge in [-0.05, 0) is 35.9 Å². The van der Waals surface area contributed by atoms with E-state index in [9.17, 15) is 22.8 Å². The van der Waals surface area contributed by atoms with Crippen molar-refractivity contribution >= 4 is 17.5 Å². The molecule has 5 nitrogen and oxygen atoms in total. The van der Waals surface area contributed by atoms with Crippen LogP contribution in [0, 0.1) is 0 Å². The molecule has 1 atom stereocenters. The van der Waals surface area contributed by atoms with Gasteiger partial charge < -0.3 is 9.88 Å². The number of alkyl halides is 3. The molecule has 2 heterocycles. The number of carbonyl (C=O) groups is 1. The fourth-order valence-corrected chi connectivity index (χ4v) is 2.96. The quantitative estimate of drug-likeness (QED) is 0.693. The van der Waals surface area contributed by atoms with Crippen LogP contribution in [-0.2, 0) is 13.2 Å². The molecule has 0 aliphatic carbocycles. The van der Waals surface area contributed by atoms with Crippen molar-refractivity contribution in [3.63, 3.8) is 0 Å². The minimum atomic E-state index is -4.48. The van der Waals surface area contributed by atoms with Crippen molar-refractivity contribution in [1.82, 2.24) is 14.9 Å². The Labute approximate surface area is 168 Å². The molecule has 150 valence electrons. The van der Waals surface area contributed by atoms with E-state index < -0.39 is 23.7 Å². The van der Waals surface area contributed by atoms with E-state index in [1.165, 1.54) is 48.3 Å². The van der Waals surface area contributed by atoms with Gasteiger partial charge in [-0.25, -0.2) is 0 Å². The van der Waals surface area contributed by atoms with Crippen molar-refractivity contribution < 1.29 is 18.0 Å². The summed E-state index contributed by atoms with van der Waals surface area (Å²) < 4.78 is 39.9. The number of hydrogen-bond donors (Lipinski definition) is 1. The predicted molar refractivity (Wildman–Crippen MR) is 102 cm³/mol. The lowest BCUT2D eigenvalue weighted by Gasteiger charge is -2.20. The third-order valence-corrected chi connectivity index (χ3v) is 4.57. The highest BCUT2D eigenvalue weighted by atomic mass is 35.5. The first-order valence-corrected chi connectivity index (χ1v) is 8.80. The molecule has 2 aromatic heterocycles. The van der Waals surface area contributed by atoms with E-state index >= 15 is 0 Å². The molecule has 0 fully saturated rings. The third kappa shape index (κ3) is 4.65. The summed E-state index contributed by atoms with van der Waals surface area (Å²) in [6.07, 6.45) is -1.65. The molecule has 0 radical (unpaired) electrons. The third-order valence-electron chi connectivity index (χ3n) is 4.26. The second-order valence-electron chi connectivity index (χ2n) is 6.26. The average molecular weight is 422 g/mol. The fraction of sp³-hybridized carbons (Fsp3) is 0.150. The minimum Gasteiger partial charge on any atom is -0.339 e. The number of rotatable bonds is 4. The Morgan fingerprint density at radius 1 is 1.14 bits per heavy atom. The van der Waals surface area contributed by atoms with Gasteiger partial charge in [-0.3, -0.25) is 14.6 Å². The van der Waals surface area contributed by atoms with Gasteiger partial charge in [-0.15, -0.1) is 0 Å². The molecule has 0 spiro atoms. The fourth-order valence-electron chi connectivity index (χ4n) is 2.73. The maximum absolute atomic E-state index is 12.9. The van der Waals surface area contributed by atoms with Crippen LogP contribution in [-0.4, -0.2) is 15.5 Å². The summed E-state index contributed by atoms with van der Waals surface area (Å²) in [4.78, 5) is 28.4. The highest BCUT2D eigenvalue weighted by molar-refractivity contribution is 6.31. The molecular formula is C20H15ClF3N3O2. The molecule has 0 aliphatic rings. The number of pyridine rings is 2. The van der Waals surface area contributed by atoms with Crippen molar-refractivity contribution in [3.05, 3.63) is 98.7 Å². The van der Waals surface area contributed by atoms with Crippen LogP contribution in [0.3, 0.4) is 0 Å². The molecule has 1 amide bonds. The van der Waals surface area contributed by atoms with E-state index in [2.05, 4.69) is 10.3 Å². The summed E-state index contributed by atoms with van der Waals surface area (Å²) in [5, 5.41) is 2.98. The lowest BCUT2D eigenvalue weighted by molar-refractivity contribution is -0.137. The summed E-state index contributed by atoms with van der Waals surface area (Å²) in [6.45, 7) is 0. The number of amides is 1. The summed E-state index contributed by atoms with van der Waals surface area (Å²) in [5.41, 5.74) is -0.231. The molecule has 0 saturated heterocycles. The number of halogens is 4. The molecule has 0 bridgehead atoms. The number of aromatic nitrogens is 2. The van der Waals surface area contributed by atoms with Crippen LogP contribution in [0.25, 0.3) is 0 Å². The van der Waals surface area contributed by atoms with Gasteiger partial charge in [0.05, 0.1) is 27.9 Å². The van der Waals surface area contributed by atoms with Gasteiger partial charge in [0, 0.05) is 25.5 Å². The molecule has 1 N–H and O–H groups in total. The van der Waals surface area contributed by atoms with Crippen LogP contribution in [0.1, 0.15) is 33.2 Å². The highest BCUT2D eigenvalue weighted by Gasteiger charge is 2.31. The Hall–Kier alpha value is -3.13. The smallest absolute Gasteiger partial charge is 0.339 e. The van der Waals surface area contributed by atoms with Crippen LogP contribution in [0.4, 0.5) is 13.2 Å². The summed E-state index contributed by atoms with van der Waals surface area (Å²) in [6, 6.07) is 9.27. The first-order chi connectivity index (χ1) is 13.7. The van der Waals surface area contributed by atoms with Gasteiger partial charge in [0.2, 0.25) is 5.56 Å². The Morgan fingerprint density at radius 3 is 2.41 bits per heavy atom. The van der Waals surface area contributed by atoms with Crippen LogP contribution in [0.2, 0.25) is 5.02 Å². The van der Waals surface area contributed by atoms with E-state index in [-0.39, 0.29) is 21.8 Å². The number of aryl methyl sites for hydroxylation is 1. The monoisotopic (exact) mass is 421 g/mol. The second-order valence-corrected chi connectivity index (χ2v) is 6.67. The number of hydrogen-bond acceptors (Lipinski definition) is 3. The Bertz CT molecular complexity index is 1100. The van der Waals surface area contributed by atoms with Gasteiger partial charge >= 0.3 is 6.18 Å². The van der Waals surface area contributed by atoms with E-state index in [1.54, 1.807) is 12.1 Å². The van der Waals surface area contributed by atoms with Crippen LogP contribution in [0.15, 0.2) is 65.7 Å². The van der Waals surface area contributed by atoms with Gasteiger partial charge in [-0.2, -0.15) is 13.2 Å². The van der Waals surface area contributed by atoms with Crippen LogP contribution >= 0.6 is 11.6 Å². The normalized spacial score (nSPS) is 12.4. The lowest BCUT2D eigenvalue weighted by atomic mass is 10.0. The average Bonchev–Trinajstić information content (AvgIpc) is 2.68. The molecule has 9 heteroatoms. The van der Waals surface area contributed by atoms with Gasteiger partial charge in [-0.1, -0.05) is 23.7 Å². The van der Waals surface area contributed by atoms with E-state index in [0.29, 0.717) is 5.56 Å². The molecule has 0 unspecified atom stereocenters. The Balaban J connectivity index is 2.00. The van der Waals surface area contributed by atoms with Crippen LogP contribution in [0.5, 0.6) is 0 Å². The molecule has 1 aromatic carbocycles. The Morgan fingerprint density at radius 2 is 1.83 bits per heavy atom. The number of nitrogens with zero attached hydrogens (tertiary/aromatic N) is 2. The second kappa shape index (κ2) is 8.08. The summed E-state index contributed by atoms with van der Waals surface area (Å²) in [5.74, 6) is -0.535. The first-order valence-electron chi connectivity index (χ1n) is 8.42. The van der Waals surface area contributed by atoms with Crippen molar-refractivity contribution in [2.24, 2.45) is 7.05 Å². The standard InChI is InChI=1S/C20H15ClF3N3O2/c1-27-11-13(6-9-16(27)28)19(29)26-17(18-15(21)3-2-10-25-18)12-4-7-14(8-5-12)20(22,23)24/h2-11,17H,1H3,(H,26,29)/t17-/m0/s1. The Kier molecular flexibility index (Phi) is 5.74. The molecule has 0 aliphatic heterocycles. The van der Waals surface area contributed by atoms with E-state index in [0.717, 1.165) is 12.1 Å². The largest absolute Gasteiger partial charge is 0.416 e. The molecule has 3 rings (SSSR count). The van der Waals surface area contributed by atoms with E-state index in [4.69, 9.17) is 11.6 Å². The number of nitrogens with one attached hydrogen (secondary N) is 1. The van der Waals surface area contributed by atoms with Gasteiger partial charge in [0.1, 0.15) is 0 Å². The lowest BCUT2D eigenvalue weighted by Crippen LogP contribution is -2.31. The highest BCUT2D eigenvalue weighted by Crippen LogP contribution is 2.32. The van der Waals surface area contributed by atoms with Crippen molar-refractivity contribution in [1.29, 1.82) is 0 Å². The SMILES string of the molecule is Cn1cc(C(=O)N[C@@H](c2ccc(C(F)(F)F)cc2)c2ncccc2Cl)ccc1=O. The zero-order valence-electron chi connectivity index (χ0n) is 15.1. The van der Waals surface area contributed by atoms with Crippen LogP contribution < -0.4 is 10.9 Å². The minimum absolute atomic E-state index is 0.205. The zero-order chi connectivity index (χ0) is 21.2. The maximum atomic E-state index is 12.9. The summed E-state index contributed by atoms with van der Waals surface area (Å²) in [7, 11) is 1.50. The molecular weight excluding hydrogens is 407 g/mol. The van der Waals surface area contributed by atoms with Gasteiger partial charge in [0.25, 0.3) is 5.91 Å². The first kappa shape index (κ1) is 20.6. The summed E-state index contributed by atoms with van der Waals surface area (Å²) >= 11 is 6.21. The van der Waals surface area contributed by atoms with Crippen molar-refractivity contribution in [2.45, 2.75) is 12.2 Å². The predicted octanol–water partition coefficient (Wildman–Crippen LogP) is 3.97. The number of carbonyl (C=O) groups excluding carboxylic acids is 1. The number of benzene rings is 1. The van der Waals surface area contributed by atoms with Crippen molar-refractivity contribution in [3.8, 4) is 0 Å². The molecule has 3 aromatic rings.